The van der Waals surface area contributed by atoms with E-state index in [0.717, 1.165) is 15.2 Å². The van der Waals surface area contributed by atoms with E-state index in [1.165, 1.54) is 4.68 Å². The molecule has 2 aromatic heterocycles. The second kappa shape index (κ2) is 4.71. The molecule has 108 valence electrons. The monoisotopic (exact) mass is 355 g/mol. The van der Waals surface area contributed by atoms with Crippen LogP contribution in [0.2, 0.25) is 0 Å². The van der Waals surface area contributed by atoms with Crippen molar-refractivity contribution in [3.63, 3.8) is 0 Å². The highest BCUT2D eigenvalue weighted by atomic mass is 79.9. The number of hydrogen-bond donors (Lipinski definition) is 1. The Hall–Kier alpha value is -2.60. The Morgan fingerprint density at radius 1 is 1.14 bits per heavy atom. The first-order chi connectivity index (χ1) is 10.6. The van der Waals surface area contributed by atoms with Crippen molar-refractivity contribution in [2.45, 2.75) is 0 Å². The lowest BCUT2D eigenvalue weighted by Gasteiger charge is -1.98. The minimum atomic E-state index is -0.351. The minimum absolute atomic E-state index is 0.218. The van der Waals surface area contributed by atoms with Crippen LogP contribution < -0.4 is 5.73 Å². The van der Waals surface area contributed by atoms with Crippen LogP contribution >= 0.6 is 15.9 Å². The van der Waals surface area contributed by atoms with Gasteiger partial charge in [-0.1, -0.05) is 34.1 Å². The fraction of sp³-hybridized carbons (Fsp3) is 0. The van der Waals surface area contributed by atoms with E-state index in [4.69, 9.17) is 10.2 Å². The number of carbonyl (C=O) groups excluding carboxylic acids is 1. The molecule has 0 bridgehead atoms. The van der Waals surface area contributed by atoms with Gasteiger partial charge in [-0.15, -0.1) is 5.10 Å². The van der Waals surface area contributed by atoms with Crippen LogP contribution in [0.5, 0.6) is 0 Å². The van der Waals surface area contributed by atoms with E-state index in [9.17, 15) is 4.79 Å². The molecule has 0 saturated carbocycles. The second-order valence-electron chi connectivity index (χ2n) is 4.88. The van der Waals surface area contributed by atoms with E-state index in [2.05, 4.69) is 21.0 Å². The second-order valence-corrected chi connectivity index (χ2v) is 5.74. The lowest BCUT2D eigenvalue weighted by Crippen LogP contribution is -2.12. The van der Waals surface area contributed by atoms with Crippen molar-refractivity contribution in [3.05, 3.63) is 58.8 Å². The van der Waals surface area contributed by atoms with E-state index in [0.29, 0.717) is 16.9 Å². The Balaban J connectivity index is 1.90. The molecule has 0 aliphatic rings. The number of nitrogens with two attached hydrogens (primary N) is 1. The molecule has 0 aliphatic carbocycles. The molecule has 0 fully saturated rings. The Kier molecular flexibility index (Phi) is 2.80. The van der Waals surface area contributed by atoms with E-state index in [1.807, 2.05) is 36.4 Å². The van der Waals surface area contributed by atoms with E-state index >= 15 is 0 Å². The summed E-state index contributed by atoms with van der Waals surface area (Å²) in [5.74, 6) is 0.187. The number of nitrogens with zero attached hydrogens (tertiary/aromatic N) is 2. The molecule has 0 aliphatic heterocycles. The van der Waals surface area contributed by atoms with Crippen LogP contribution in [0.1, 0.15) is 10.6 Å². The van der Waals surface area contributed by atoms with Gasteiger partial charge < -0.3 is 10.2 Å². The van der Waals surface area contributed by atoms with Gasteiger partial charge in [0.05, 0.1) is 5.52 Å². The fourth-order valence-electron chi connectivity index (χ4n) is 2.48. The quantitative estimate of drug-likeness (QED) is 0.563. The van der Waals surface area contributed by atoms with E-state index in [1.54, 1.807) is 12.1 Å². The summed E-state index contributed by atoms with van der Waals surface area (Å²) in [5.41, 5.74) is 7.17. The summed E-state index contributed by atoms with van der Waals surface area (Å²) in [7, 11) is 0. The number of para-hydroxylation sites is 1. The number of fused-ring (bicyclic) bond motifs is 2. The highest BCUT2D eigenvalue weighted by molar-refractivity contribution is 9.10. The summed E-state index contributed by atoms with van der Waals surface area (Å²) in [5, 5.41) is 5.72. The maximum atomic E-state index is 12.7. The molecule has 0 amide bonds. The first-order valence-corrected chi connectivity index (χ1v) is 7.40. The molecule has 4 rings (SSSR count). The average Bonchev–Trinajstić information content (AvgIpc) is 3.10. The maximum absolute atomic E-state index is 12.7. The third-order valence-electron chi connectivity index (χ3n) is 3.53. The topological polar surface area (TPSA) is 74.0 Å². The number of rotatable bonds is 1. The van der Waals surface area contributed by atoms with Crippen molar-refractivity contribution in [3.8, 4) is 0 Å². The van der Waals surface area contributed by atoms with Crippen molar-refractivity contribution in [2.24, 2.45) is 0 Å². The summed E-state index contributed by atoms with van der Waals surface area (Å²) in [6.07, 6.45) is 0. The molecular weight excluding hydrogens is 346 g/mol. The van der Waals surface area contributed by atoms with Gasteiger partial charge in [0.25, 0.3) is 0 Å². The number of carbonyl (C=O) groups is 1. The zero-order valence-corrected chi connectivity index (χ0v) is 12.9. The molecule has 0 spiro atoms. The number of nitrogen functional groups attached to an aromatic ring is 1. The Morgan fingerprint density at radius 2 is 1.95 bits per heavy atom. The van der Waals surface area contributed by atoms with Crippen LogP contribution in [0.4, 0.5) is 5.82 Å². The SMILES string of the molecule is Nc1nn(C(=O)c2cc3c(Br)cccc3o2)c2ccccc12. The predicted molar refractivity (Wildman–Crippen MR) is 87.8 cm³/mol. The van der Waals surface area contributed by atoms with Crippen molar-refractivity contribution >= 4 is 49.5 Å². The number of benzene rings is 2. The average molecular weight is 356 g/mol. The minimum Gasteiger partial charge on any atom is -0.451 e. The van der Waals surface area contributed by atoms with Gasteiger partial charge in [0.1, 0.15) is 5.58 Å². The molecule has 2 N–H and O–H groups in total. The molecule has 22 heavy (non-hydrogen) atoms. The molecule has 2 aromatic carbocycles. The van der Waals surface area contributed by atoms with Gasteiger partial charge in [0, 0.05) is 15.2 Å². The van der Waals surface area contributed by atoms with Gasteiger partial charge in [-0.25, -0.2) is 0 Å². The first kappa shape index (κ1) is 13.1. The zero-order valence-electron chi connectivity index (χ0n) is 11.3. The lowest BCUT2D eigenvalue weighted by molar-refractivity contribution is 0.0925. The third kappa shape index (κ3) is 1.84. The smallest absolute Gasteiger partial charge is 0.314 e. The fourth-order valence-corrected chi connectivity index (χ4v) is 2.94. The van der Waals surface area contributed by atoms with Crippen LogP contribution in [0.25, 0.3) is 21.9 Å². The number of hydrogen-bond acceptors (Lipinski definition) is 4. The Bertz CT molecular complexity index is 1030. The van der Waals surface area contributed by atoms with E-state index in [-0.39, 0.29) is 11.7 Å². The van der Waals surface area contributed by atoms with Crippen molar-refractivity contribution in [2.75, 3.05) is 5.73 Å². The molecule has 4 aromatic rings. The summed E-state index contributed by atoms with van der Waals surface area (Å²) < 4.78 is 7.79. The highest BCUT2D eigenvalue weighted by Gasteiger charge is 2.19. The molecule has 0 radical (unpaired) electrons. The third-order valence-corrected chi connectivity index (χ3v) is 4.22. The number of halogens is 1. The maximum Gasteiger partial charge on any atom is 0.314 e. The highest BCUT2D eigenvalue weighted by Crippen LogP contribution is 2.28. The molecule has 6 heteroatoms. The molecular formula is C16H10BrN3O2. The lowest BCUT2D eigenvalue weighted by atomic mass is 10.2. The zero-order chi connectivity index (χ0) is 15.3. The molecule has 0 saturated heterocycles. The standard InChI is InChI=1S/C16H10BrN3O2/c17-11-5-3-7-13-10(11)8-14(22-13)16(21)20-12-6-2-1-4-9(12)15(18)19-20/h1-8H,(H2,18,19). The molecule has 5 nitrogen and oxygen atoms in total. The van der Waals surface area contributed by atoms with Gasteiger partial charge in [-0.3, -0.25) is 4.79 Å². The Morgan fingerprint density at radius 3 is 2.77 bits per heavy atom. The van der Waals surface area contributed by atoms with E-state index < -0.39 is 0 Å². The molecule has 2 heterocycles. The number of anilines is 1. The van der Waals surface area contributed by atoms with Crippen molar-refractivity contribution < 1.29 is 9.21 Å². The van der Waals surface area contributed by atoms with Gasteiger partial charge in [0.2, 0.25) is 0 Å². The molecule has 0 unspecified atom stereocenters. The van der Waals surface area contributed by atoms with Crippen LogP contribution in [0, 0.1) is 0 Å². The van der Waals surface area contributed by atoms with Crippen LogP contribution in [0.15, 0.2) is 57.4 Å². The van der Waals surface area contributed by atoms with Crippen molar-refractivity contribution in [1.29, 1.82) is 0 Å². The molecule has 0 atom stereocenters. The van der Waals surface area contributed by atoms with Crippen LogP contribution in [-0.4, -0.2) is 15.7 Å². The summed E-state index contributed by atoms with van der Waals surface area (Å²) in [6, 6.07) is 14.6. The van der Waals surface area contributed by atoms with Gasteiger partial charge in [-0.2, -0.15) is 4.68 Å². The van der Waals surface area contributed by atoms with Gasteiger partial charge >= 0.3 is 5.91 Å². The first-order valence-electron chi connectivity index (χ1n) is 6.61. The van der Waals surface area contributed by atoms with Gasteiger partial charge in [-0.05, 0) is 30.3 Å². The van der Waals surface area contributed by atoms with Crippen LogP contribution in [0.3, 0.4) is 0 Å². The van der Waals surface area contributed by atoms with Crippen LogP contribution in [-0.2, 0) is 0 Å². The number of furan rings is 1. The largest absolute Gasteiger partial charge is 0.451 e. The summed E-state index contributed by atoms with van der Waals surface area (Å²) in [6.45, 7) is 0. The summed E-state index contributed by atoms with van der Waals surface area (Å²) >= 11 is 3.45. The Labute approximate surface area is 133 Å². The number of aromatic nitrogens is 2. The predicted octanol–water partition coefficient (Wildman–Crippen LogP) is 3.82. The van der Waals surface area contributed by atoms with Crippen molar-refractivity contribution in [1.82, 2.24) is 9.78 Å². The normalized spacial score (nSPS) is 11.3. The van der Waals surface area contributed by atoms with Gasteiger partial charge in [0.15, 0.2) is 11.6 Å². The summed E-state index contributed by atoms with van der Waals surface area (Å²) in [4.78, 5) is 12.7.